The molecule has 3 nitrogen and oxygen atoms in total. The van der Waals surface area contributed by atoms with Gasteiger partial charge in [0.2, 0.25) is 5.91 Å². The van der Waals surface area contributed by atoms with Crippen LogP contribution in [0.15, 0.2) is 54.1 Å². The number of allylic oxidation sites excluding steroid dienone is 1. The van der Waals surface area contributed by atoms with Gasteiger partial charge in [-0.05, 0) is 45.0 Å². The summed E-state index contributed by atoms with van der Waals surface area (Å²) in [6.07, 6.45) is 1.61. The van der Waals surface area contributed by atoms with Gasteiger partial charge in [-0.2, -0.15) is 0 Å². The Balaban J connectivity index is 2.12. The van der Waals surface area contributed by atoms with Crippen LogP contribution in [0.4, 0.5) is 5.69 Å². The number of carbonyl (C=O) groups is 1. The van der Waals surface area contributed by atoms with Gasteiger partial charge >= 0.3 is 0 Å². The number of fused-ring (bicyclic) bond motifs is 3. The zero-order valence-corrected chi connectivity index (χ0v) is 13.2. The average molecular weight is 292 g/mol. The normalized spacial score (nSPS) is 10.9. The van der Waals surface area contributed by atoms with Crippen molar-refractivity contribution in [1.29, 1.82) is 0 Å². The molecule has 1 amide bonds. The second-order valence-corrected chi connectivity index (χ2v) is 5.70. The van der Waals surface area contributed by atoms with E-state index in [2.05, 4.69) is 53.2 Å². The highest BCUT2D eigenvalue weighted by molar-refractivity contribution is 6.10. The molecule has 3 heteroatoms. The summed E-state index contributed by atoms with van der Waals surface area (Å²) in [5.41, 5.74) is 4.24. The van der Waals surface area contributed by atoms with Crippen molar-refractivity contribution in [2.75, 3.05) is 5.32 Å². The minimum atomic E-state index is -0.0846. The van der Waals surface area contributed by atoms with Crippen molar-refractivity contribution in [3.05, 3.63) is 54.1 Å². The maximum absolute atomic E-state index is 11.9. The van der Waals surface area contributed by atoms with Crippen molar-refractivity contribution in [3.8, 4) is 0 Å². The fourth-order valence-electron chi connectivity index (χ4n) is 2.91. The standard InChI is InChI=1S/C19H20N2O/c1-4-21-17-8-6-5-7-15(17)16-12-14(9-10-18(16)21)20-19(22)11-13(2)3/h5-12H,4H2,1-3H3,(H,20,22). The summed E-state index contributed by atoms with van der Waals surface area (Å²) in [5.74, 6) is -0.0846. The van der Waals surface area contributed by atoms with E-state index in [4.69, 9.17) is 0 Å². The minimum Gasteiger partial charge on any atom is -0.341 e. The zero-order chi connectivity index (χ0) is 15.7. The number of aryl methyl sites for hydroxylation is 1. The Labute approximate surface area is 130 Å². The molecule has 0 radical (unpaired) electrons. The molecule has 1 heterocycles. The van der Waals surface area contributed by atoms with Crippen LogP contribution in [0.1, 0.15) is 20.8 Å². The molecule has 0 aliphatic rings. The lowest BCUT2D eigenvalue weighted by atomic mass is 10.1. The topological polar surface area (TPSA) is 34.0 Å². The highest BCUT2D eigenvalue weighted by Gasteiger charge is 2.10. The number of nitrogens with one attached hydrogen (secondary N) is 1. The molecule has 1 aromatic heterocycles. The van der Waals surface area contributed by atoms with E-state index in [1.54, 1.807) is 6.08 Å². The number of anilines is 1. The Morgan fingerprint density at radius 2 is 1.82 bits per heavy atom. The van der Waals surface area contributed by atoms with Crippen LogP contribution >= 0.6 is 0 Å². The van der Waals surface area contributed by atoms with E-state index < -0.39 is 0 Å². The monoisotopic (exact) mass is 292 g/mol. The van der Waals surface area contributed by atoms with Crippen LogP contribution < -0.4 is 5.32 Å². The quantitative estimate of drug-likeness (QED) is 0.696. The Bertz CT molecular complexity index is 883. The van der Waals surface area contributed by atoms with E-state index in [0.29, 0.717) is 0 Å². The molecule has 0 aliphatic heterocycles. The van der Waals surface area contributed by atoms with Crippen LogP contribution in [0.5, 0.6) is 0 Å². The van der Waals surface area contributed by atoms with E-state index >= 15 is 0 Å². The molecule has 112 valence electrons. The third-order valence-electron chi connectivity index (χ3n) is 3.78. The summed E-state index contributed by atoms with van der Waals surface area (Å²) in [6.45, 7) is 6.90. The molecular weight excluding hydrogens is 272 g/mol. The average Bonchev–Trinajstić information content (AvgIpc) is 2.79. The summed E-state index contributed by atoms with van der Waals surface area (Å²) < 4.78 is 2.30. The van der Waals surface area contributed by atoms with Gasteiger partial charge in [-0.3, -0.25) is 4.79 Å². The molecular formula is C19H20N2O. The van der Waals surface area contributed by atoms with Crippen molar-refractivity contribution in [3.63, 3.8) is 0 Å². The summed E-state index contributed by atoms with van der Waals surface area (Å²) in [7, 11) is 0. The lowest BCUT2D eigenvalue weighted by Gasteiger charge is -2.05. The van der Waals surface area contributed by atoms with E-state index in [-0.39, 0.29) is 5.91 Å². The number of hydrogen-bond acceptors (Lipinski definition) is 1. The number of nitrogens with zero attached hydrogens (tertiary/aromatic N) is 1. The number of benzene rings is 2. The van der Waals surface area contributed by atoms with Gasteiger partial charge < -0.3 is 9.88 Å². The molecule has 0 saturated heterocycles. The maximum Gasteiger partial charge on any atom is 0.248 e. The third-order valence-corrected chi connectivity index (χ3v) is 3.78. The first-order valence-electron chi connectivity index (χ1n) is 7.57. The van der Waals surface area contributed by atoms with E-state index in [1.807, 2.05) is 19.9 Å². The maximum atomic E-state index is 11.9. The second kappa shape index (κ2) is 5.68. The summed E-state index contributed by atoms with van der Waals surface area (Å²) >= 11 is 0. The van der Waals surface area contributed by atoms with Gasteiger partial charge in [-0.1, -0.05) is 23.8 Å². The van der Waals surface area contributed by atoms with E-state index in [9.17, 15) is 4.79 Å². The molecule has 3 rings (SSSR count). The van der Waals surface area contributed by atoms with Crippen LogP contribution in [-0.2, 0) is 11.3 Å². The number of amides is 1. The van der Waals surface area contributed by atoms with Gasteiger partial charge in [0.25, 0.3) is 0 Å². The highest BCUT2D eigenvalue weighted by Crippen LogP contribution is 2.30. The molecule has 0 unspecified atom stereocenters. The molecule has 3 aromatic rings. The molecule has 0 atom stereocenters. The summed E-state index contributed by atoms with van der Waals surface area (Å²) in [4.78, 5) is 11.9. The van der Waals surface area contributed by atoms with Crippen molar-refractivity contribution in [1.82, 2.24) is 4.57 Å². The molecule has 0 fully saturated rings. The van der Waals surface area contributed by atoms with Crippen molar-refractivity contribution >= 4 is 33.4 Å². The molecule has 2 aromatic carbocycles. The number of hydrogen-bond donors (Lipinski definition) is 1. The predicted octanol–water partition coefficient (Wildman–Crippen LogP) is 4.72. The van der Waals surface area contributed by atoms with Gasteiger partial charge in [0.15, 0.2) is 0 Å². The van der Waals surface area contributed by atoms with Crippen LogP contribution in [0, 0.1) is 0 Å². The van der Waals surface area contributed by atoms with Gasteiger partial charge in [0.05, 0.1) is 0 Å². The van der Waals surface area contributed by atoms with Gasteiger partial charge in [-0.25, -0.2) is 0 Å². The number of aromatic nitrogens is 1. The van der Waals surface area contributed by atoms with Crippen molar-refractivity contribution < 1.29 is 4.79 Å². The fourth-order valence-corrected chi connectivity index (χ4v) is 2.91. The Hall–Kier alpha value is -2.55. The number of carbonyl (C=O) groups excluding carboxylic acids is 1. The summed E-state index contributed by atoms with van der Waals surface area (Å²) in [6, 6.07) is 14.5. The summed E-state index contributed by atoms with van der Waals surface area (Å²) in [5, 5.41) is 5.33. The molecule has 1 N–H and O–H groups in total. The van der Waals surface area contributed by atoms with Crippen LogP contribution in [-0.4, -0.2) is 10.5 Å². The molecule has 0 spiro atoms. The third kappa shape index (κ3) is 2.50. The fraction of sp³-hybridized carbons (Fsp3) is 0.211. The minimum absolute atomic E-state index is 0.0846. The largest absolute Gasteiger partial charge is 0.341 e. The van der Waals surface area contributed by atoms with Crippen molar-refractivity contribution in [2.45, 2.75) is 27.3 Å². The Kier molecular flexibility index (Phi) is 3.72. The molecule has 0 aliphatic carbocycles. The van der Waals surface area contributed by atoms with Gasteiger partial charge in [0, 0.05) is 40.1 Å². The number of rotatable bonds is 3. The van der Waals surface area contributed by atoms with Crippen LogP contribution in [0.3, 0.4) is 0 Å². The lowest BCUT2D eigenvalue weighted by molar-refractivity contribution is -0.111. The Morgan fingerprint density at radius 3 is 2.55 bits per heavy atom. The lowest BCUT2D eigenvalue weighted by Crippen LogP contribution is -2.08. The molecule has 0 saturated carbocycles. The number of para-hydroxylation sites is 1. The first-order valence-corrected chi connectivity index (χ1v) is 7.57. The first kappa shape index (κ1) is 14.4. The molecule has 0 bridgehead atoms. The van der Waals surface area contributed by atoms with Crippen molar-refractivity contribution in [2.24, 2.45) is 0 Å². The first-order chi connectivity index (χ1) is 10.6. The van der Waals surface area contributed by atoms with Crippen LogP contribution in [0.25, 0.3) is 21.8 Å². The SMILES string of the molecule is CCn1c2ccccc2c2cc(NC(=O)C=C(C)C)ccc21. The van der Waals surface area contributed by atoms with Gasteiger partial charge in [0.1, 0.15) is 0 Å². The van der Waals surface area contributed by atoms with E-state index in [1.165, 1.54) is 21.8 Å². The molecule has 22 heavy (non-hydrogen) atoms. The van der Waals surface area contributed by atoms with Gasteiger partial charge in [-0.15, -0.1) is 0 Å². The predicted molar refractivity (Wildman–Crippen MR) is 93.2 cm³/mol. The second-order valence-electron chi connectivity index (χ2n) is 5.70. The Morgan fingerprint density at radius 1 is 1.09 bits per heavy atom. The smallest absolute Gasteiger partial charge is 0.248 e. The van der Waals surface area contributed by atoms with Crippen LogP contribution in [0.2, 0.25) is 0 Å². The highest BCUT2D eigenvalue weighted by atomic mass is 16.1. The van der Waals surface area contributed by atoms with E-state index in [0.717, 1.165) is 17.8 Å². The zero-order valence-electron chi connectivity index (χ0n) is 13.2.